The van der Waals surface area contributed by atoms with E-state index < -0.39 is 17.8 Å². The van der Waals surface area contributed by atoms with E-state index in [-0.39, 0.29) is 0 Å². The fourth-order valence-corrected chi connectivity index (χ4v) is 4.39. The molecular weight excluding hydrogens is 467 g/mol. The van der Waals surface area contributed by atoms with E-state index in [1.165, 1.54) is 12.1 Å². The third kappa shape index (κ3) is 5.79. The first-order chi connectivity index (χ1) is 14.7. The Kier molecular flexibility index (Phi) is 8.00. The minimum absolute atomic E-state index is 0.468. The zero-order valence-corrected chi connectivity index (χ0v) is 19.6. The second-order valence-electron chi connectivity index (χ2n) is 8.11. The van der Waals surface area contributed by atoms with E-state index in [9.17, 15) is 18.3 Å². The molecule has 31 heavy (non-hydrogen) atoms. The van der Waals surface area contributed by atoms with Gasteiger partial charge in [0.05, 0.1) is 11.7 Å². The van der Waals surface area contributed by atoms with Gasteiger partial charge in [0.15, 0.2) is 0 Å². The number of halogens is 4. The van der Waals surface area contributed by atoms with Crippen molar-refractivity contribution >= 4 is 37.5 Å². The Bertz CT molecular complexity index is 1030. The lowest BCUT2D eigenvalue weighted by Gasteiger charge is -2.26. The highest BCUT2D eigenvalue weighted by Gasteiger charge is 2.31. The molecule has 0 saturated heterocycles. The van der Waals surface area contributed by atoms with Gasteiger partial charge < -0.3 is 10.0 Å². The van der Waals surface area contributed by atoms with Crippen LogP contribution in [0.2, 0.25) is 0 Å². The molecule has 1 N–H and O–H groups in total. The number of unbranched alkanes of at least 4 members (excludes halogenated alkanes) is 2. The maximum atomic E-state index is 13.4. The summed E-state index contributed by atoms with van der Waals surface area (Å²) in [4.78, 5) is 2.26. The summed E-state index contributed by atoms with van der Waals surface area (Å²) in [6.45, 7) is 6.56. The average molecular weight is 496 g/mol. The molecule has 0 heterocycles. The highest BCUT2D eigenvalue weighted by Crippen LogP contribution is 2.38. The van der Waals surface area contributed by atoms with Crippen LogP contribution in [-0.2, 0) is 6.18 Å². The van der Waals surface area contributed by atoms with Crippen molar-refractivity contribution in [3.8, 4) is 0 Å². The molecule has 0 fully saturated rings. The fraction of sp³-hybridized carbons (Fsp3) is 0.440. The summed E-state index contributed by atoms with van der Waals surface area (Å²) < 4.78 is 41.0. The zero-order valence-electron chi connectivity index (χ0n) is 18.0. The molecule has 168 valence electrons. The zero-order chi connectivity index (χ0) is 22.6. The van der Waals surface area contributed by atoms with Crippen LogP contribution in [0.1, 0.15) is 56.8 Å². The molecule has 2 nitrogen and oxygen atoms in total. The summed E-state index contributed by atoms with van der Waals surface area (Å²) >= 11 is 3.45. The Morgan fingerprint density at radius 3 is 2.16 bits per heavy atom. The molecule has 0 aromatic heterocycles. The Hall–Kier alpha value is -1.63. The minimum atomic E-state index is -4.42. The highest BCUT2D eigenvalue weighted by atomic mass is 79.9. The van der Waals surface area contributed by atoms with Gasteiger partial charge in [-0.3, -0.25) is 0 Å². The summed E-state index contributed by atoms with van der Waals surface area (Å²) in [5.41, 5.74) is -0.00398. The Balaban J connectivity index is 2.09. The average Bonchev–Trinajstić information content (AvgIpc) is 2.73. The molecular formula is C25H29BrF3NO. The van der Waals surface area contributed by atoms with Gasteiger partial charge in [-0.15, -0.1) is 0 Å². The molecule has 1 unspecified atom stereocenters. The van der Waals surface area contributed by atoms with Crippen molar-refractivity contribution in [2.24, 2.45) is 0 Å². The molecule has 0 aliphatic heterocycles. The van der Waals surface area contributed by atoms with Crippen molar-refractivity contribution in [1.29, 1.82) is 0 Å². The molecule has 0 spiro atoms. The number of fused-ring (bicyclic) bond motifs is 3. The number of hydrogen-bond donors (Lipinski definition) is 1. The standard InChI is InChI=1S/C25H29BrF3NO/c1-3-5-11-30(12-6-4-2)16-24(31)23-14-17-13-19(26)8-10-20(17)22-15-18(25(27,28)29)7-9-21(22)23/h7-10,13-15,24,31H,3-6,11-12,16H2,1-2H3. The quantitative estimate of drug-likeness (QED) is 0.307. The minimum Gasteiger partial charge on any atom is -0.387 e. The third-order valence-corrected chi connectivity index (χ3v) is 6.21. The molecule has 0 aliphatic carbocycles. The van der Waals surface area contributed by atoms with Crippen LogP contribution in [0.4, 0.5) is 13.2 Å². The summed E-state index contributed by atoms with van der Waals surface area (Å²) in [5.74, 6) is 0. The van der Waals surface area contributed by atoms with Gasteiger partial charge in [-0.1, -0.05) is 54.8 Å². The van der Waals surface area contributed by atoms with E-state index in [2.05, 4.69) is 34.7 Å². The molecule has 3 aromatic carbocycles. The van der Waals surface area contributed by atoms with Crippen molar-refractivity contribution in [3.63, 3.8) is 0 Å². The lowest BCUT2D eigenvalue weighted by molar-refractivity contribution is -0.137. The lowest BCUT2D eigenvalue weighted by atomic mass is 9.93. The van der Waals surface area contributed by atoms with E-state index in [4.69, 9.17) is 0 Å². The fourth-order valence-electron chi connectivity index (χ4n) is 4.02. The van der Waals surface area contributed by atoms with Gasteiger partial charge in [0.25, 0.3) is 0 Å². The number of rotatable bonds is 9. The maximum absolute atomic E-state index is 13.4. The van der Waals surface area contributed by atoms with Crippen LogP contribution in [0.25, 0.3) is 21.5 Å². The van der Waals surface area contributed by atoms with Crippen LogP contribution in [0.3, 0.4) is 0 Å². The number of hydrogen-bond acceptors (Lipinski definition) is 2. The van der Waals surface area contributed by atoms with E-state index >= 15 is 0 Å². The maximum Gasteiger partial charge on any atom is 0.416 e. The molecule has 0 amide bonds. The third-order valence-electron chi connectivity index (χ3n) is 5.72. The van der Waals surface area contributed by atoms with Gasteiger partial charge in [0.1, 0.15) is 0 Å². The summed E-state index contributed by atoms with van der Waals surface area (Å²) in [7, 11) is 0. The largest absolute Gasteiger partial charge is 0.416 e. The second-order valence-corrected chi connectivity index (χ2v) is 9.03. The molecule has 0 aliphatic rings. The Morgan fingerprint density at radius 1 is 0.903 bits per heavy atom. The van der Waals surface area contributed by atoms with Crippen molar-refractivity contribution in [3.05, 3.63) is 58.1 Å². The monoisotopic (exact) mass is 495 g/mol. The predicted octanol–water partition coefficient (Wildman–Crippen LogP) is 7.71. The van der Waals surface area contributed by atoms with Crippen LogP contribution in [-0.4, -0.2) is 29.6 Å². The smallest absolute Gasteiger partial charge is 0.387 e. The van der Waals surface area contributed by atoms with Crippen LogP contribution in [0, 0.1) is 0 Å². The summed E-state index contributed by atoms with van der Waals surface area (Å²) in [5, 5.41) is 13.9. The first kappa shape index (κ1) is 24.0. The molecule has 3 rings (SSSR count). The molecule has 3 aromatic rings. The topological polar surface area (TPSA) is 23.5 Å². The second kappa shape index (κ2) is 10.3. The molecule has 1 atom stereocenters. The van der Waals surface area contributed by atoms with E-state index in [1.54, 1.807) is 0 Å². The molecule has 0 radical (unpaired) electrons. The van der Waals surface area contributed by atoms with Crippen LogP contribution in [0.5, 0.6) is 0 Å². The van der Waals surface area contributed by atoms with Crippen molar-refractivity contribution in [2.75, 3.05) is 19.6 Å². The summed E-state index contributed by atoms with van der Waals surface area (Å²) in [6.07, 6.45) is -0.941. The van der Waals surface area contributed by atoms with E-state index in [1.807, 2.05) is 24.3 Å². The number of nitrogens with zero attached hydrogens (tertiary/aromatic N) is 1. The first-order valence-electron chi connectivity index (χ1n) is 10.9. The predicted molar refractivity (Wildman–Crippen MR) is 125 cm³/mol. The highest BCUT2D eigenvalue weighted by molar-refractivity contribution is 9.10. The van der Waals surface area contributed by atoms with Crippen LogP contribution >= 0.6 is 15.9 Å². The number of alkyl halides is 3. The lowest BCUT2D eigenvalue weighted by Crippen LogP contribution is -2.30. The van der Waals surface area contributed by atoms with Crippen LogP contribution < -0.4 is 0 Å². The number of benzene rings is 3. The van der Waals surface area contributed by atoms with Gasteiger partial charge >= 0.3 is 6.18 Å². The molecule has 6 heteroatoms. The van der Waals surface area contributed by atoms with Crippen molar-refractivity contribution < 1.29 is 18.3 Å². The van der Waals surface area contributed by atoms with Crippen molar-refractivity contribution in [1.82, 2.24) is 4.90 Å². The SMILES string of the molecule is CCCCN(CCCC)CC(O)c1cc2cc(Br)ccc2c2cc(C(F)(F)F)ccc12. The van der Waals surface area contributed by atoms with Crippen LogP contribution in [0.15, 0.2) is 46.9 Å². The van der Waals surface area contributed by atoms with E-state index in [0.717, 1.165) is 60.1 Å². The van der Waals surface area contributed by atoms with Gasteiger partial charge in [0.2, 0.25) is 0 Å². The first-order valence-corrected chi connectivity index (χ1v) is 11.7. The number of aliphatic hydroxyl groups is 1. The molecule has 0 saturated carbocycles. The Labute approximate surface area is 190 Å². The normalized spacial score (nSPS) is 13.4. The van der Waals surface area contributed by atoms with E-state index in [0.29, 0.717) is 22.9 Å². The Morgan fingerprint density at radius 2 is 1.55 bits per heavy atom. The van der Waals surface area contributed by atoms with Gasteiger partial charge in [-0.2, -0.15) is 13.2 Å². The van der Waals surface area contributed by atoms with Gasteiger partial charge in [-0.25, -0.2) is 0 Å². The van der Waals surface area contributed by atoms with Gasteiger partial charge in [0, 0.05) is 11.0 Å². The summed E-state index contributed by atoms with van der Waals surface area (Å²) in [6, 6.07) is 11.3. The molecule has 0 bridgehead atoms. The number of aliphatic hydroxyl groups excluding tert-OH is 1. The van der Waals surface area contributed by atoms with Crippen molar-refractivity contribution in [2.45, 2.75) is 51.8 Å². The van der Waals surface area contributed by atoms with Gasteiger partial charge in [-0.05, 0) is 83.4 Å².